The van der Waals surface area contributed by atoms with E-state index in [4.69, 9.17) is 10.5 Å². The Morgan fingerprint density at radius 2 is 2.05 bits per heavy atom. The fourth-order valence-electron chi connectivity index (χ4n) is 1.62. The molecule has 1 unspecified atom stereocenters. The summed E-state index contributed by atoms with van der Waals surface area (Å²) in [5.41, 5.74) is 6.24. The van der Waals surface area contributed by atoms with Crippen LogP contribution in [0.4, 0.5) is 5.69 Å². The van der Waals surface area contributed by atoms with Crippen molar-refractivity contribution >= 4 is 15.5 Å². The van der Waals surface area contributed by atoms with Crippen LogP contribution in [0.2, 0.25) is 0 Å². The summed E-state index contributed by atoms with van der Waals surface area (Å²) >= 11 is 0. The zero-order chi connectivity index (χ0) is 15.2. The van der Waals surface area contributed by atoms with Crippen LogP contribution in [0.15, 0.2) is 24.3 Å². The van der Waals surface area contributed by atoms with Gasteiger partial charge in [0.15, 0.2) is 0 Å². The number of hydrogen-bond acceptors (Lipinski definition) is 6. The Bertz CT molecular complexity index is 519. The Kier molecular flexibility index (Phi) is 6.25. The largest absolute Gasteiger partial charge is 0.489 e. The Hall–Kier alpha value is -1.31. The van der Waals surface area contributed by atoms with Gasteiger partial charge in [0.25, 0.3) is 0 Å². The third-order valence-corrected chi connectivity index (χ3v) is 3.64. The van der Waals surface area contributed by atoms with Crippen LogP contribution >= 0.6 is 0 Å². The molecule has 0 spiro atoms. The molecule has 0 heterocycles. The number of nitrogen functional groups attached to an aromatic ring is 1. The van der Waals surface area contributed by atoms with Crippen molar-refractivity contribution in [3.05, 3.63) is 24.3 Å². The van der Waals surface area contributed by atoms with Gasteiger partial charge in [0.1, 0.15) is 28.3 Å². The van der Waals surface area contributed by atoms with E-state index in [1.54, 1.807) is 36.2 Å². The van der Waals surface area contributed by atoms with E-state index in [2.05, 4.69) is 0 Å². The van der Waals surface area contributed by atoms with Gasteiger partial charge in [0.2, 0.25) is 0 Å². The minimum absolute atomic E-state index is 0.0721. The first kappa shape index (κ1) is 16.7. The molecule has 1 aromatic rings. The molecular formula is C13H22N2O4S. The number of rotatable bonds is 8. The lowest BCUT2D eigenvalue weighted by molar-refractivity contribution is 0.0783. The maximum Gasteiger partial charge on any atom is 0.148 e. The lowest BCUT2D eigenvalue weighted by atomic mass is 10.3. The van der Waals surface area contributed by atoms with E-state index in [-0.39, 0.29) is 12.4 Å². The Morgan fingerprint density at radius 1 is 1.40 bits per heavy atom. The van der Waals surface area contributed by atoms with Crippen molar-refractivity contribution in [2.75, 3.05) is 44.5 Å². The number of aliphatic hydroxyl groups is 1. The molecule has 0 radical (unpaired) electrons. The number of hydrogen-bond donors (Lipinski definition) is 2. The molecule has 0 aliphatic heterocycles. The lowest BCUT2D eigenvalue weighted by Gasteiger charge is -2.20. The molecular weight excluding hydrogens is 280 g/mol. The van der Waals surface area contributed by atoms with Gasteiger partial charge in [-0.3, -0.25) is 0 Å². The predicted molar refractivity (Wildman–Crippen MR) is 79.6 cm³/mol. The smallest absolute Gasteiger partial charge is 0.148 e. The van der Waals surface area contributed by atoms with Gasteiger partial charge in [-0.05, 0) is 19.2 Å². The zero-order valence-electron chi connectivity index (χ0n) is 11.8. The summed E-state index contributed by atoms with van der Waals surface area (Å²) in [7, 11) is -1.23. The fraction of sp³-hybridized carbons (Fsp3) is 0.538. The van der Waals surface area contributed by atoms with Crippen LogP contribution in [0, 0.1) is 0 Å². The first-order chi connectivity index (χ1) is 9.28. The molecule has 1 aromatic carbocycles. The number of likely N-dealkylation sites (N-methyl/N-ethyl adjacent to an activating group) is 1. The van der Waals surface area contributed by atoms with E-state index in [0.717, 1.165) is 0 Å². The molecule has 0 saturated carbocycles. The number of aliphatic hydroxyl groups excluding tert-OH is 1. The summed E-state index contributed by atoms with van der Waals surface area (Å²) in [6, 6.07) is 7.06. The summed E-state index contributed by atoms with van der Waals surface area (Å²) in [5.74, 6) is 0.605. The molecule has 114 valence electrons. The normalized spacial score (nSPS) is 13.4. The highest BCUT2D eigenvalue weighted by molar-refractivity contribution is 7.90. The third kappa shape index (κ3) is 6.74. The predicted octanol–water partition coefficient (Wildman–Crippen LogP) is -0.0151. The fourth-order valence-corrected chi connectivity index (χ4v) is 2.27. The molecule has 0 fully saturated rings. The van der Waals surface area contributed by atoms with E-state index in [1.807, 2.05) is 0 Å². The molecule has 0 saturated heterocycles. The highest BCUT2D eigenvalue weighted by atomic mass is 32.2. The minimum atomic E-state index is -2.99. The van der Waals surface area contributed by atoms with Gasteiger partial charge < -0.3 is 20.5 Å². The van der Waals surface area contributed by atoms with Crippen molar-refractivity contribution < 1.29 is 18.3 Å². The number of ether oxygens (including phenoxy) is 1. The lowest BCUT2D eigenvalue weighted by Crippen LogP contribution is -2.35. The summed E-state index contributed by atoms with van der Waals surface area (Å²) in [4.78, 5) is 1.75. The second-order valence-electron chi connectivity index (χ2n) is 4.89. The summed E-state index contributed by atoms with van der Waals surface area (Å²) in [5, 5.41) is 9.84. The van der Waals surface area contributed by atoms with Crippen LogP contribution in [-0.4, -0.2) is 63.3 Å². The van der Waals surface area contributed by atoms with Crippen molar-refractivity contribution in [2.24, 2.45) is 0 Å². The van der Waals surface area contributed by atoms with E-state index < -0.39 is 15.9 Å². The van der Waals surface area contributed by atoms with Gasteiger partial charge in [-0.25, -0.2) is 8.42 Å². The summed E-state index contributed by atoms with van der Waals surface area (Å²) in [6.45, 7) is 0.822. The number of sulfone groups is 1. The van der Waals surface area contributed by atoms with E-state index in [1.165, 1.54) is 6.26 Å². The monoisotopic (exact) mass is 302 g/mol. The van der Waals surface area contributed by atoms with Crippen LogP contribution in [0.25, 0.3) is 0 Å². The van der Waals surface area contributed by atoms with Gasteiger partial charge in [-0.15, -0.1) is 0 Å². The Balaban J connectivity index is 2.33. The quantitative estimate of drug-likeness (QED) is 0.656. The molecule has 0 aliphatic carbocycles. The van der Waals surface area contributed by atoms with Crippen molar-refractivity contribution in [3.63, 3.8) is 0 Å². The summed E-state index contributed by atoms with van der Waals surface area (Å²) < 4.78 is 27.5. The van der Waals surface area contributed by atoms with Gasteiger partial charge in [0.05, 0.1) is 11.4 Å². The van der Waals surface area contributed by atoms with Crippen LogP contribution in [-0.2, 0) is 9.84 Å². The standard InChI is InChI=1S/C13H22N2O4S/c1-15(7-8-20(2,17)18)9-11(16)10-19-13-6-4-3-5-12(13)14/h3-6,11,16H,7-10,14H2,1-2H3. The number of nitrogens with two attached hydrogens (primary N) is 1. The van der Waals surface area contributed by atoms with Crippen molar-refractivity contribution in [2.45, 2.75) is 6.10 Å². The third-order valence-electron chi connectivity index (χ3n) is 2.72. The maximum absolute atomic E-state index is 11.0. The SMILES string of the molecule is CN(CCS(C)(=O)=O)CC(O)COc1ccccc1N. The average Bonchev–Trinajstić information content (AvgIpc) is 2.35. The molecule has 20 heavy (non-hydrogen) atoms. The second-order valence-corrected chi connectivity index (χ2v) is 7.15. The van der Waals surface area contributed by atoms with E-state index in [9.17, 15) is 13.5 Å². The second kappa shape index (κ2) is 7.47. The van der Waals surface area contributed by atoms with Crippen molar-refractivity contribution in [3.8, 4) is 5.75 Å². The molecule has 1 rings (SSSR count). The van der Waals surface area contributed by atoms with Gasteiger partial charge >= 0.3 is 0 Å². The van der Waals surface area contributed by atoms with Crippen molar-refractivity contribution in [1.82, 2.24) is 4.90 Å². The van der Waals surface area contributed by atoms with Crippen LogP contribution in [0.5, 0.6) is 5.75 Å². The summed E-state index contributed by atoms with van der Waals surface area (Å²) in [6.07, 6.45) is 0.484. The van der Waals surface area contributed by atoms with Crippen LogP contribution in [0.3, 0.4) is 0 Å². The molecule has 6 nitrogen and oxygen atoms in total. The Morgan fingerprint density at radius 3 is 2.65 bits per heavy atom. The highest BCUT2D eigenvalue weighted by Gasteiger charge is 2.12. The minimum Gasteiger partial charge on any atom is -0.489 e. The topological polar surface area (TPSA) is 92.9 Å². The van der Waals surface area contributed by atoms with Crippen LogP contribution < -0.4 is 10.5 Å². The number of para-hydroxylation sites is 2. The van der Waals surface area contributed by atoms with E-state index in [0.29, 0.717) is 24.5 Å². The van der Waals surface area contributed by atoms with E-state index >= 15 is 0 Å². The molecule has 0 aliphatic rings. The number of nitrogens with zero attached hydrogens (tertiary/aromatic N) is 1. The average molecular weight is 302 g/mol. The van der Waals surface area contributed by atoms with Gasteiger partial charge in [-0.2, -0.15) is 0 Å². The van der Waals surface area contributed by atoms with Gasteiger partial charge in [-0.1, -0.05) is 12.1 Å². The Labute approximate surface area is 120 Å². The van der Waals surface area contributed by atoms with Gasteiger partial charge in [0, 0.05) is 19.3 Å². The highest BCUT2D eigenvalue weighted by Crippen LogP contribution is 2.19. The number of benzene rings is 1. The first-order valence-corrected chi connectivity index (χ1v) is 8.35. The van der Waals surface area contributed by atoms with Crippen molar-refractivity contribution in [1.29, 1.82) is 0 Å². The number of anilines is 1. The molecule has 3 N–H and O–H groups in total. The first-order valence-electron chi connectivity index (χ1n) is 6.29. The molecule has 1 atom stereocenters. The zero-order valence-corrected chi connectivity index (χ0v) is 12.6. The molecule has 0 amide bonds. The molecule has 7 heteroatoms. The maximum atomic E-state index is 11.0. The van der Waals surface area contributed by atoms with Crippen LogP contribution in [0.1, 0.15) is 0 Å². The molecule has 0 aromatic heterocycles. The molecule has 0 bridgehead atoms.